The van der Waals surface area contributed by atoms with Crippen LogP contribution >= 0.6 is 11.6 Å². The van der Waals surface area contributed by atoms with Crippen molar-refractivity contribution in [1.82, 2.24) is 0 Å². The summed E-state index contributed by atoms with van der Waals surface area (Å²) in [6.45, 7) is 6.00. The van der Waals surface area contributed by atoms with Crippen LogP contribution in [0.15, 0.2) is 18.2 Å². The van der Waals surface area contributed by atoms with Crippen molar-refractivity contribution in [2.45, 2.75) is 20.3 Å². The average Bonchev–Trinajstić information content (AvgIpc) is 2.33. The molecule has 1 aromatic carbocycles. The highest BCUT2D eigenvalue weighted by Gasteiger charge is 2.13. The molecule has 0 spiro atoms. The highest BCUT2D eigenvalue weighted by molar-refractivity contribution is 6.31. The smallest absolute Gasteiger partial charge is 0.292 e. The molecule has 0 amide bonds. The second-order valence-corrected chi connectivity index (χ2v) is 5.08. The third kappa shape index (κ3) is 5.89. The van der Waals surface area contributed by atoms with Crippen molar-refractivity contribution < 1.29 is 9.66 Å². The summed E-state index contributed by atoms with van der Waals surface area (Å²) in [6, 6.07) is 4.45. The molecule has 0 aromatic heterocycles. The van der Waals surface area contributed by atoms with Crippen LogP contribution in [0.3, 0.4) is 0 Å². The number of rotatable bonds is 8. The molecule has 1 aromatic rings. The number of benzene rings is 1. The van der Waals surface area contributed by atoms with Crippen LogP contribution in [0.1, 0.15) is 20.3 Å². The summed E-state index contributed by atoms with van der Waals surface area (Å²) in [7, 11) is 0. The number of halogens is 1. The molecule has 0 heterocycles. The van der Waals surface area contributed by atoms with Crippen molar-refractivity contribution in [3.63, 3.8) is 0 Å². The van der Waals surface area contributed by atoms with Gasteiger partial charge in [-0.05, 0) is 24.5 Å². The molecular weight excluding hydrogens is 268 g/mol. The molecule has 0 aliphatic heterocycles. The van der Waals surface area contributed by atoms with Crippen LogP contribution in [-0.2, 0) is 4.74 Å². The van der Waals surface area contributed by atoms with E-state index in [2.05, 4.69) is 19.2 Å². The van der Waals surface area contributed by atoms with Crippen molar-refractivity contribution >= 4 is 23.0 Å². The average molecular weight is 287 g/mol. The first-order valence-corrected chi connectivity index (χ1v) is 6.64. The summed E-state index contributed by atoms with van der Waals surface area (Å²) in [5.74, 6) is 0.613. The first kappa shape index (κ1) is 15.7. The van der Waals surface area contributed by atoms with Crippen molar-refractivity contribution in [1.29, 1.82) is 0 Å². The zero-order chi connectivity index (χ0) is 14.3. The van der Waals surface area contributed by atoms with Gasteiger partial charge in [-0.1, -0.05) is 25.4 Å². The fourth-order valence-corrected chi connectivity index (χ4v) is 1.66. The first-order chi connectivity index (χ1) is 9.00. The van der Waals surface area contributed by atoms with E-state index in [1.54, 1.807) is 6.07 Å². The number of nitrogens with zero attached hydrogens (tertiary/aromatic N) is 1. The molecule has 0 aliphatic rings. The number of ether oxygens (including phenoxy) is 1. The zero-order valence-electron chi connectivity index (χ0n) is 11.2. The van der Waals surface area contributed by atoms with Crippen LogP contribution < -0.4 is 5.32 Å². The van der Waals surface area contributed by atoms with Gasteiger partial charge in [0.1, 0.15) is 5.69 Å². The standard InChI is InChI=1S/C13H19ClN2O3/c1-10(2)5-7-19-8-6-15-12-9-11(14)3-4-13(12)16(17)18/h3-4,9-10,15H,5-8H2,1-2H3. The highest BCUT2D eigenvalue weighted by atomic mass is 35.5. The third-order valence-corrected chi connectivity index (χ3v) is 2.79. The first-order valence-electron chi connectivity index (χ1n) is 6.26. The zero-order valence-corrected chi connectivity index (χ0v) is 11.9. The van der Waals surface area contributed by atoms with Crippen LogP contribution in [-0.4, -0.2) is 24.7 Å². The van der Waals surface area contributed by atoms with Crippen LogP contribution in [0.2, 0.25) is 5.02 Å². The van der Waals surface area contributed by atoms with Crippen molar-refractivity contribution in [2.24, 2.45) is 5.92 Å². The number of anilines is 1. The van der Waals surface area contributed by atoms with Crippen LogP contribution in [0.4, 0.5) is 11.4 Å². The van der Waals surface area contributed by atoms with E-state index < -0.39 is 4.92 Å². The van der Waals surface area contributed by atoms with E-state index in [1.807, 2.05) is 0 Å². The Morgan fingerprint density at radius 3 is 2.79 bits per heavy atom. The van der Waals surface area contributed by atoms with Crippen LogP contribution in [0.5, 0.6) is 0 Å². The Balaban J connectivity index is 2.40. The van der Waals surface area contributed by atoms with Gasteiger partial charge in [0.05, 0.1) is 11.5 Å². The minimum absolute atomic E-state index is 0.0200. The number of nitrogens with one attached hydrogen (secondary N) is 1. The molecule has 0 unspecified atom stereocenters. The maximum absolute atomic E-state index is 10.8. The molecule has 5 nitrogen and oxygen atoms in total. The lowest BCUT2D eigenvalue weighted by molar-refractivity contribution is -0.384. The number of nitro groups is 1. The monoisotopic (exact) mass is 286 g/mol. The molecule has 106 valence electrons. The van der Waals surface area contributed by atoms with E-state index in [9.17, 15) is 10.1 Å². The Kier molecular flexibility index (Phi) is 6.59. The van der Waals surface area contributed by atoms with Crippen molar-refractivity contribution in [2.75, 3.05) is 25.1 Å². The molecule has 0 radical (unpaired) electrons. The van der Waals surface area contributed by atoms with Gasteiger partial charge in [-0.15, -0.1) is 0 Å². The molecule has 6 heteroatoms. The maximum atomic E-state index is 10.8. The minimum Gasteiger partial charge on any atom is -0.380 e. The van der Waals surface area contributed by atoms with E-state index in [0.29, 0.717) is 36.4 Å². The summed E-state index contributed by atoms with van der Waals surface area (Å²) >= 11 is 5.83. The summed E-state index contributed by atoms with van der Waals surface area (Å²) in [5, 5.41) is 14.3. The van der Waals surface area contributed by atoms with Crippen molar-refractivity contribution in [3.8, 4) is 0 Å². The molecule has 0 saturated heterocycles. The second kappa shape index (κ2) is 7.96. The van der Waals surface area contributed by atoms with Gasteiger partial charge in [-0.2, -0.15) is 0 Å². The van der Waals surface area contributed by atoms with Crippen LogP contribution in [0.25, 0.3) is 0 Å². The Hall–Kier alpha value is -1.33. The van der Waals surface area contributed by atoms with Crippen LogP contribution in [0, 0.1) is 16.0 Å². The largest absolute Gasteiger partial charge is 0.380 e. The molecule has 0 bridgehead atoms. The lowest BCUT2D eigenvalue weighted by Gasteiger charge is -2.09. The van der Waals surface area contributed by atoms with Gasteiger partial charge in [0.25, 0.3) is 5.69 Å². The normalized spacial score (nSPS) is 10.7. The lowest BCUT2D eigenvalue weighted by atomic mass is 10.1. The van der Waals surface area contributed by atoms with Gasteiger partial charge < -0.3 is 10.1 Å². The summed E-state index contributed by atoms with van der Waals surface area (Å²) < 4.78 is 5.43. The fraction of sp³-hybridized carbons (Fsp3) is 0.538. The van der Waals surface area contributed by atoms with Gasteiger partial charge in [-0.25, -0.2) is 0 Å². The Morgan fingerprint density at radius 2 is 2.16 bits per heavy atom. The maximum Gasteiger partial charge on any atom is 0.292 e. The predicted octanol–water partition coefficient (Wildman–Crippen LogP) is 3.72. The van der Waals surface area contributed by atoms with Gasteiger partial charge in [0.15, 0.2) is 0 Å². The topological polar surface area (TPSA) is 64.4 Å². The van der Waals surface area contributed by atoms with Gasteiger partial charge >= 0.3 is 0 Å². The molecule has 0 fully saturated rings. The molecule has 1 N–H and O–H groups in total. The van der Waals surface area contributed by atoms with E-state index >= 15 is 0 Å². The quantitative estimate of drug-likeness (QED) is 0.449. The Bertz CT molecular complexity index is 424. The number of hydrogen-bond donors (Lipinski definition) is 1. The fourth-order valence-electron chi connectivity index (χ4n) is 1.49. The molecule has 1 rings (SSSR count). The van der Waals surface area contributed by atoms with E-state index in [4.69, 9.17) is 16.3 Å². The van der Waals surface area contributed by atoms with Gasteiger partial charge in [0, 0.05) is 24.2 Å². The van der Waals surface area contributed by atoms with E-state index in [0.717, 1.165) is 6.42 Å². The van der Waals surface area contributed by atoms with Gasteiger partial charge in [0.2, 0.25) is 0 Å². The molecule has 19 heavy (non-hydrogen) atoms. The lowest BCUT2D eigenvalue weighted by Crippen LogP contribution is -2.11. The van der Waals surface area contributed by atoms with Crippen molar-refractivity contribution in [3.05, 3.63) is 33.3 Å². The van der Waals surface area contributed by atoms with E-state index in [1.165, 1.54) is 12.1 Å². The van der Waals surface area contributed by atoms with Gasteiger partial charge in [-0.3, -0.25) is 10.1 Å². The Morgan fingerprint density at radius 1 is 1.42 bits per heavy atom. The summed E-state index contributed by atoms with van der Waals surface area (Å²) in [5.41, 5.74) is 0.441. The SMILES string of the molecule is CC(C)CCOCCNc1cc(Cl)ccc1[N+](=O)[O-]. The molecular formula is C13H19ClN2O3. The summed E-state index contributed by atoms with van der Waals surface area (Å²) in [4.78, 5) is 10.4. The number of nitro benzene ring substituents is 1. The third-order valence-electron chi connectivity index (χ3n) is 2.56. The Labute approximate surface area is 118 Å². The minimum atomic E-state index is -0.432. The molecule has 0 atom stereocenters. The summed E-state index contributed by atoms with van der Waals surface area (Å²) in [6.07, 6.45) is 1.01. The molecule has 0 aliphatic carbocycles. The van der Waals surface area contributed by atoms with E-state index in [-0.39, 0.29) is 5.69 Å². The predicted molar refractivity (Wildman–Crippen MR) is 76.9 cm³/mol. The second-order valence-electron chi connectivity index (χ2n) is 4.64. The number of hydrogen-bond acceptors (Lipinski definition) is 4. The molecule has 0 saturated carbocycles. The highest BCUT2D eigenvalue weighted by Crippen LogP contribution is 2.27.